The molecule has 0 atom stereocenters. The quantitative estimate of drug-likeness (QED) is 0.432. The molecule has 1 aromatic carbocycles. The van der Waals surface area contributed by atoms with E-state index in [1.165, 1.54) is 5.56 Å². The van der Waals surface area contributed by atoms with Crippen LogP contribution in [0, 0.1) is 0 Å². The van der Waals surface area contributed by atoms with Gasteiger partial charge in [0.2, 0.25) is 0 Å². The van der Waals surface area contributed by atoms with Crippen LogP contribution in [-0.4, -0.2) is 44.1 Å². The van der Waals surface area contributed by atoms with Gasteiger partial charge < -0.3 is 15.5 Å². The lowest BCUT2D eigenvalue weighted by Crippen LogP contribution is -2.37. The number of aliphatic imine (C=N–C) groups is 1. The predicted octanol–water partition coefficient (Wildman–Crippen LogP) is 1.86. The maximum absolute atomic E-state index is 4.54. The van der Waals surface area contributed by atoms with Crippen LogP contribution in [0.3, 0.4) is 0 Å². The number of nitrogens with zero attached hydrogens (tertiary/aromatic N) is 2. The lowest BCUT2D eigenvalue weighted by atomic mass is 10.2. The molecule has 0 aliphatic rings. The van der Waals surface area contributed by atoms with Gasteiger partial charge in [-0.25, -0.2) is 0 Å². The summed E-state index contributed by atoms with van der Waals surface area (Å²) in [5.41, 5.74) is 1.33. The summed E-state index contributed by atoms with van der Waals surface area (Å²) < 4.78 is 0. The first kappa shape index (κ1) is 16.2. The van der Waals surface area contributed by atoms with Gasteiger partial charge in [-0.05, 0) is 19.5 Å². The van der Waals surface area contributed by atoms with Gasteiger partial charge in [0.1, 0.15) is 0 Å². The maximum atomic E-state index is 4.54. The van der Waals surface area contributed by atoms with E-state index in [-0.39, 0.29) is 0 Å². The minimum absolute atomic E-state index is 0.728. The molecule has 1 aromatic rings. The molecule has 0 aliphatic carbocycles. The van der Waals surface area contributed by atoms with E-state index >= 15 is 0 Å². The molecule has 0 fully saturated rings. The number of hydrogen-bond donors (Lipinski definition) is 2. The second-order valence-corrected chi connectivity index (χ2v) is 4.65. The number of nitrogens with one attached hydrogen (secondary N) is 2. The highest BCUT2D eigenvalue weighted by Gasteiger charge is 2.00. The first-order valence-electron chi connectivity index (χ1n) is 7.11. The number of rotatable bonds is 8. The van der Waals surface area contributed by atoms with Crippen LogP contribution in [0.4, 0.5) is 0 Å². The van der Waals surface area contributed by atoms with Crippen molar-refractivity contribution in [1.29, 1.82) is 0 Å². The highest BCUT2D eigenvalue weighted by molar-refractivity contribution is 5.79. The summed E-state index contributed by atoms with van der Waals surface area (Å²) in [6.45, 7) is 10.0. The van der Waals surface area contributed by atoms with Crippen LogP contribution in [0.5, 0.6) is 0 Å². The summed E-state index contributed by atoms with van der Waals surface area (Å²) in [4.78, 5) is 6.81. The summed E-state index contributed by atoms with van der Waals surface area (Å²) in [5.74, 6) is 0.848. The fourth-order valence-electron chi connectivity index (χ4n) is 1.82. The molecule has 0 amide bonds. The summed E-state index contributed by atoms with van der Waals surface area (Å²) in [6.07, 6.45) is 1.83. The molecule has 0 saturated heterocycles. The van der Waals surface area contributed by atoms with Gasteiger partial charge in [0.15, 0.2) is 5.96 Å². The molecule has 0 radical (unpaired) electrons. The van der Waals surface area contributed by atoms with Crippen LogP contribution >= 0.6 is 0 Å². The largest absolute Gasteiger partial charge is 0.357 e. The number of likely N-dealkylation sites (N-methyl/N-ethyl adjacent to an activating group) is 1. The van der Waals surface area contributed by atoms with Gasteiger partial charge in [-0.1, -0.05) is 36.4 Å². The van der Waals surface area contributed by atoms with Crippen molar-refractivity contribution < 1.29 is 0 Å². The Morgan fingerprint density at radius 3 is 2.70 bits per heavy atom. The average molecular weight is 274 g/mol. The molecule has 20 heavy (non-hydrogen) atoms. The number of guanidine groups is 1. The third kappa shape index (κ3) is 6.95. The molecule has 0 bridgehead atoms. The summed E-state index contributed by atoms with van der Waals surface area (Å²) in [5, 5.41) is 6.41. The third-order valence-electron chi connectivity index (χ3n) is 2.81. The van der Waals surface area contributed by atoms with E-state index in [9.17, 15) is 0 Å². The van der Waals surface area contributed by atoms with Crippen LogP contribution in [-0.2, 0) is 6.54 Å². The standard InChI is InChI=1S/C16H26N4/c1-4-11-18-16(17-5-2)19-12-13-20(3)14-15-9-7-6-8-10-15/h4,6-10H,1,5,11-14H2,2-3H3,(H2,17,18,19). The Labute approximate surface area is 122 Å². The smallest absolute Gasteiger partial charge is 0.191 e. The Hall–Kier alpha value is -1.81. The van der Waals surface area contributed by atoms with Crippen LogP contribution in [0.15, 0.2) is 48.0 Å². The van der Waals surface area contributed by atoms with Gasteiger partial charge in [0.25, 0.3) is 0 Å². The van der Waals surface area contributed by atoms with E-state index in [0.29, 0.717) is 0 Å². The monoisotopic (exact) mass is 274 g/mol. The second kappa shape index (κ2) is 10.0. The van der Waals surface area contributed by atoms with Crippen LogP contribution in [0.1, 0.15) is 12.5 Å². The molecule has 0 heterocycles. The first-order valence-corrected chi connectivity index (χ1v) is 7.11. The van der Waals surface area contributed by atoms with Crippen molar-refractivity contribution in [2.75, 3.05) is 33.2 Å². The molecule has 0 saturated carbocycles. The summed E-state index contributed by atoms with van der Waals surface area (Å²) in [7, 11) is 2.12. The molecule has 0 unspecified atom stereocenters. The molecule has 2 N–H and O–H groups in total. The lowest BCUT2D eigenvalue weighted by Gasteiger charge is -2.16. The van der Waals surface area contributed by atoms with Crippen molar-refractivity contribution in [3.05, 3.63) is 48.6 Å². The van der Waals surface area contributed by atoms with Gasteiger partial charge in [0.05, 0.1) is 6.54 Å². The topological polar surface area (TPSA) is 39.7 Å². The van der Waals surface area contributed by atoms with Gasteiger partial charge in [-0.3, -0.25) is 4.99 Å². The van der Waals surface area contributed by atoms with E-state index < -0.39 is 0 Å². The first-order chi connectivity index (χ1) is 9.76. The Balaban J connectivity index is 2.34. The minimum atomic E-state index is 0.728. The van der Waals surface area contributed by atoms with Gasteiger partial charge in [0, 0.05) is 26.2 Å². The highest BCUT2D eigenvalue weighted by Crippen LogP contribution is 2.01. The molecule has 110 valence electrons. The fourth-order valence-corrected chi connectivity index (χ4v) is 1.82. The molecular formula is C16H26N4. The van der Waals surface area contributed by atoms with Crippen LogP contribution < -0.4 is 10.6 Å². The van der Waals surface area contributed by atoms with Gasteiger partial charge in [-0.2, -0.15) is 0 Å². The van der Waals surface area contributed by atoms with E-state index in [1.54, 1.807) is 0 Å². The zero-order valence-electron chi connectivity index (χ0n) is 12.6. The Morgan fingerprint density at radius 1 is 1.30 bits per heavy atom. The predicted molar refractivity (Wildman–Crippen MR) is 87.0 cm³/mol. The molecule has 0 aromatic heterocycles. The van der Waals surface area contributed by atoms with E-state index in [2.05, 4.69) is 65.3 Å². The van der Waals surface area contributed by atoms with Crippen molar-refractivity contribution in [2.24, 2.45) is 4.99 Å². The Kier molecular flexibility index (Phi) is 8.15. The van der Waals surface area contributed by atoms with E-state index in [4.69, 9.17) is 0 Å². The van der Waals surface area contributed by atoms with Crippen molar-refractivity contribution in [2.45, 2.75) is 13.5 Å². The lowest BCUT2D eigenvalue weighted by molar-refractivity contribution is 0.336. The minimum Gasteiger partial charge on any atom is -0.357 e. The fraction of sp³-hybridized carbons (Fsp3) is 0.438. The van der Waals surface area contributed by atoms with E-state index in [0.717, 1.165) is 38.7 Å². The zero-order valence-corrected chi connectivity index (χ0v) is 12.6. The Bertz CT molecular complexity index is 400. The highest BCUT2D eigenvalue weighted by atomic mass is 15.2. The van der Waals surface area contributed by atoms with Crippen molar-refractivity contribution in [1.82, 2.24) is 15.5 Å². The van der Waals surface area contributed by atoms with Crippen molar-refractivity contribution in [3.63, 3.8) is 0 Å². The molecule has 4 heteroatoms. The molecule has 1 rings (SSSR count). The SMILES string of the molecule is C=CCNC(=NCCN(C)Cc1ccccc1)NCC. The van der Waals surface area contributed by atoms with E-state index in [1.807, 2.05) is 12.1 Å². The van der Waals surface area contributed by atoms with Crippen molar-refractivity contribution in [3.8, 4) is 0 Å². The summed E-state index contributed by atoms with van der Waals surface area (Å²) >= 11 is 0. The van der Waals surface area contributed by atoms with Crippen LogP contribution in [0.25, 0.3) is 0 Å². The molecule has 0 aliphatic heterocycles. The third-order valence-corrected chi connectivity index (χ3v) is 2.81. The summed E-state index contributed by atoms with van der Waals surface area (Å²) in [6, 6.07) is 10.5. The van der Waals surface area contributed by atoms with Gasteiger partial charge in [-0.15, -0.1) is 6.58 Å². The van der Waals surface area contributed by atoms with Gasteiger partial charge >= 0.3 is 0 Å². The normalized spacial score (nSPS) is 11.4. The number of benzene rings is 1. The van der Waals surface area contributed by atoms with Crippen molar-refractivity contribution >= 4 is 5.96 Å². The molecule has 4 nitrogen and oxygen atoms in total. The Morgan fingerprint density at radius 2 is 2.05 bits per heavy atom. The van der Waals surface area contributed by atoms with Crippen LogP contribution in [0.2, 0.25) is 0 Å². The average Bonchev–Trinajstić information content (AvgIpc) is 2.45. The zero-order chi connectivity index (χ0) is 14.6. The molecular weight excluding hydrogens is 248 g/mol. The second-order valence-electron chi connectivity index (χ2n) is 4.65. The number of hydrogen-bond acceptors (Lipinski definition) is 2. The maximum Gasteiger partial charge on any atom is 0.191 e. The molecule has 0 spiro atoms.